The molecule has 0 aliphatic carbocycles. The van der Waals surface area contributed by atoms with Gasteiger partial charge < -0.3 is 30.0 Å². The van der Waals surface area contributed by atoms with Crippen LogP contribution in [0.1, 0.15) is 27.7 Å². The maximum atomic E-state index is 12.8. The van der Waals surface area contributed by atoms with E-state index < -0.39 is 17.9 Å². The smallest absolute Gasteiger partial charge is 0.407 e. The van der Waals surface area contributed by atoms with Crippen LogP contribution in [0.3, 0.4) is 0 Å². The highest BCUT2D eigenvalue weighted by Gasteiger charge is 2.15. The number of ether oxygens (including phenoxy) is 4. The highest BCUT2D eigenvalue weighted by molar-refractivity contribution is 5.67. The first-order valence-corrected chi connectivity index (χ1v) is 7.82. The average molecular weight is 338 g/mol. The van der Waals surface area contributed by atoms with E-state index in [0.29, 0.717) is 33.0 Å². The van der Waals surface area contributed by atoms with E-state index in [1.54, 1.807) is 20.8 Å². The van der Waals surface area contributed by atoms with Crippen molar-refractivity contribution in [2.45, 2.75) is 45.6 Å². The van der Waals surface area contributed by atoms with E-state index in [1.165, 1.54) is 0 Å². The lowest BCUT2D eigenvalue weighted by Gasteiger charge is -2.19. The number of rotatable bonds is 12. The second-order valence-corrected chi connectivity index (χ2v) is 6.09. The average Bonchev–Trinajstić information content (AvgIpc) is 2.44. The Hall–Kier alpha value is -0.960. The van der Waals surface area contributed by atoms with Crippen LogP contribution in [0.25, 0.3) is 0 Å². The van der Waals surface area contributed by atoms with Crippen molar-refractivity contribution < 1.29 is 28.1 Å². The third kappa shape index (κ3) is 15.7. The largest absolute Gasteiger partial charge is 0.444 e. The summed E-state index contributed by atoms with van der Waals surface area (Å²) in [7, 11) is 0. The number of carbonyl (C=O) groups excluding carboxylic acids is 1. The van der Waals surface area contributed by atoms with E-state index in [2.05, 4.69) is 5.32 Å². The highest BCUT2D eigenvalue weighted by atomic mass is 19.1. The van der Waals surface area contributed by atoms with Crippen molar-refractivity contribution in [2.75, 3.05) is 46.1 Å². The van der Waals surface area contributed by atoms with E-state index in [0.717, 1.165) is 0 Å². The molecule has 0 aliphatic heterocycles. The molecule has 23 heavy (non-hydrogen) atoms. The molecule has 0 spiro atoms. The standard InChI is InChI=1S/C15H31FN2O5/c1-12(10-21-11-13(16)9-17)22-8-7-20-6-5-18-14(19)23-15(2,3)4/h12-13H,5-11,17H2,1-4H3,(H,18,19). The van der Waals surface area contributed by atoms with E-state index in [9.17, 15) is 9.18 Å². The zero-order valence-corrected chi connectivity index (χ0v) is 14.6. The molecule has 7 nitrogen and oxygen atoms in total. The SMILES string of the molecule is CC(COCC(F)CN)OCCOCCNC(=O)OC(C)(C)C. The molecule has 8 heteroatoms. The van der Waals surface area contributed by atoms with Gasteiger partial charge in [0.15, 0.2) is 0 Å². The van der Waals surface area contributed by atoms with Crippen LogP contribution >= 0.6 is 0 Å². The number of halogens is 1. The summed E-state index contributed by atoms with van der Waals surface area (Å²) in [5, 5.41) is 2.59. The van der Waals surface area contributed by atoms with Crippen LogP contribution in [0, 0.1) is 0 Å². The number of alkyl carbamates (subject to hydrolysis) is 1. The first-order valence-electron chi connectivity index (χ1n) is 7.82. The number of nitrogens with two attached hydrogens (primary N) is 1. The van der Waals surface area contributed by atoms with Crippen LogP contribution in [0.4, 0.5) is 9.18 Å². The van der Waals surface area contributed by atoms with Gasteiger partial charge in [0.05, 0.1) is 39.1 Å². The van der Waals surface area contributed by atoms with Gasteiger partial charge in [-0.05, 0) is 27.7 Å². The molecule has 0 aromatic carbocycles. The zero-order chi connectivity index (χ0) is 17.7. The molecule has 0 aromatic heterocycles. The minimum absolute atomic E-state index is 0.0168. The fraction of sp³-hybridized carbons (Fsp3) is 0.933. The highest BCUT2D eigenvalue weighted by Crippen LogP contribution is 2.06. The first kappa shape index (κ1) is 22.0. The maximum Gasteiger partial charge on any atom is 0.407 e. The molecule has 0 heterocycles. The third-order valence-corrected chi connectivity index (χ3v) is 2.45. The summed E-state index contributed by atoms with van der Waals surface area (Å²) in [5.74, 6) is 0. The molecular weight excluding hydrogens is 307 g/mol. The summed E-state index contributed by atoms with van der Waals surface area (Å²) >= 11 is 0. The van der Waals surface area contributed by atoms with Gasteiger partial charge in [-0.25, -0.2) is 9.18 Å². The summed E-state index contributed by atoms with van der Waals surface area (Å²) in [4.78, 5) is 11.3. The van der Waals surface area contributed by atoms with E-state index >= 15 is 0 Å². The van der Waals surface area contributed by atoms with Gasteiger partial charge in [-0.2, -0.15) is 0 Å². The number of hydrogen-bond acceptors (Lipinski definition) is 6. The molecule has 0 saturated heterocycles. The van der Waals surface area contributed by atoms with E-state index in [-0.39, 0.29) is 19.3 Å². The summed E-state index contributed by atoms with van der Waals surface area (Å²) in [6.45, 7) is 9.01. The first-order chi connectivity index (χ1) is 10.7. The predicted molar refractivity (Wildman–Crippen MR) is 85.2 cm³/mol. The quantitative estimate of drug-likeness (QED) is 0.520. The van der Waals surface area contributed by atoms with Crippen LogP contribution < -0.4 is 11.1 Å². The van der Waals surface area contributed by atoms with Crippen molar-refractivity contribution in [2.24, 2.45) is 5.73 Å². The maximum absolute atomic E-state index is 12.8. The molecule has 0 fully saturated rings. The number of carbonyl (C=O) groups is 1. The zero-order valence-electron chi connectivity index (χ0n) is 14.6. The Bertz CT molecular complexity index is 313. The van der Waals surface area contributed by atoms with Crippen molar-refractivity contribution >= 4 is 6.09 Å². The third-order valence-electron chi connectivity index (χ3n) is 2.45. The van der Waals surface area contributed by atoms with Crippen molar-refractivity contribution in [3.05, 3.63) is 0 Å². The molecular formula is C15H31FN2O5. The molecule has 0 aromatic rings. The fourth-order valence-corrected chi connectivity index (χ4v) is 1.43. The van der Waals surface area contributed by atoms with Gasteiger partial charge in [0.1, 0.15) is 11.8 Å². The van der Waals surface area contributed by atoms with Gasteiger partial charge in [0.25, 0.3) is 0 Å². The molecule has 2 atom stereocenters. The second-order valence-electron chi connectivity index (χ2n) is 6.09. The van der Waals surface area contributed by atoms with Gasteiger partial charge in [-0.15, -0.1) is 0 Å². The number of alkyl halides is 1. The monoisotopic (exact) mass is 338 g/mol. The van der Waals surface area contributed by atoms with Gasteiger partial charge in [-0.3, -0.25) is 0 Å². The van der Waals surface area contributed by atoms with Gasteiger partial charge in [0, 0.05) is 13.1 Å². The molecule has 0 saturated carbocycles. The van der Waals surface area contributed by atoms with Crippen molar-refractivity contribution in [1.29, 1.82) is 0 Å². The van der Waals surface area contributed by atoms with Crippen LogP contribution in [0.15, 0.2) is 0 Å². The number of amides is 1. The summed E-state index contributed by atoms with van der Waals surface area (Å²) < 4.78 is 33.8. The lowest BCUT2D eigenvalue weighted by Crippen LogP contribution is -2.34. The molecule has 0 bridgehead atoms. The Morgan fingerprint density at radius 1 is 1.17 bits per heavy atom. The molecule has 3 N–H and O–H groups in total. The van der Waals surface area contributed by atoms with Gasteiger partial charge in [-0.1, -0.05) is 0 Å². The Morgan fingerprint density at radius 3 is 2.48 bits per heavy atom. The molecule has 0 rings (SSSR count). The van der Waals surface area contributed by atoms with Gasteiger partial charge in [0.2, 0.25) is 0 Å². The lowest BCUT2D eigenvalue weighted by molar-refractivity contribution is -0.0368. The molecule has 1 amide bonds. The molecule has 2 unspecified atom stereocenters. The normalized spacial score (nSPS) is 14.3. The Labute approximate surface area is 138 Å². The minimum atomic E-state index is -1.14. The topological polar surface area (TPSA) is 92.0 Å². The summed E-state index contributed by atoms with van der Waals surface area (Å²) in [6, 6.07) is 0. The Balaban J connectivity index is 3.40. The van der Waals surface area contributed by atoms with Crippen LogP contribution in [-0.4, -0.2) is 70.1 Å². The van der Waals surface area contributed by atoms with Crippen molar-refractivity contribution in [3.63, 3.8) is 0 Å². The van der Waals surface area contributed by atoms with Crippen LogP contribution in [0.2, 0.25) is 0 Å². The summed E-state index contributed by atoms with van der Waals surface area (Å²) in [5.41, 5.74) is 4.63. The van der Waals surface area contributed by atoms with E-state index in [4.69, 9.17) is 24.7 Å². The Kier molecular flexibility index (Phi) is 11.9. The second kappa shape index (κ2) is 12.5. The summed E-state index contributed by atoms with van der Waals surface area (Å²) in [6.07, 6.45) is -1.75. The van der Waals surface area contributed by atoms with E-state index in [1.807, 2.05) is 6.92 Å². The van der Waals surface area contributed by atoms with Gasteiger partial charge >= 0.3 is 6.09 Å². The minimum Gasteiger partial charge on any atom is -0.444 e. The van der Waals surface area contributed by atoms with Crippen molar-refractivity contribution in [3.8, 4) is 0 Å². The Morgan fingerprint density at radius 2 is 1.87 bits per heavy atom. The molecule has 0 aliphatic rings. The number of hydrogen-bond donors (Lipinski definition) is 2. The lowest BCUT2D eigenvalue weighted by atomic mass is 10.2. The van der Waals surface area contributed by atoms with Crippen molar-refractivity contribution in [1.82, 2.24) is 5.32 Å². The van der Waals surface area contributed by atoms with Crippen LogP contribution in [-0.2, 0) is 18.9 Å². The number of nitrogens with one attached hydrogen (secondary N) is 1. The molecule has 138 valence electrons. The molecule has 0 radical (unpaired) electrons. The fourth-order valence-electron chi connectivity index (χ4n) is 1.43. The van der Waals surface area contributed by atoms with Crippen LogP contribution in [0.5, 0.6) is 0 Å². The predicted octanol–water partition coefficient (Wildman–Crippen LogP) is 1.25.